The van der Waals surface area contributed by atoms with Crippen LogP contribution in [0.1, 0.15) is 11.3 Å². The molecule has 0 fully saturated rings. The van der Waals surface area contributed by atoms with Crippen molar-refractivity contribution >= 4 is 21.4 Å². The van der Waals surface area contributed by atoms with E-state index in [1.807, 2.05) is 12.5 Å². The number of thiophene rings is 1. The van der Waals surface area contributed by atoms with Gasteiger partial charge in [0.1, 0.15) is 0 Å². The van der Waals surface area contributed by atoms with Crippen LogP contribution in [-0.2, 0) is 13.1 Å². The molecule has 4 heteroatoms. The molecule has 0 atom stereocenters. The van der Waals surface area contributed by atoms with Crippen LogP contribution in [0.25, 0.3) is 10.1 Å². The first-order chi connectivity index (χ1) is 8.36. The van der Waals surface area contributed by atoms with Crippen molar-refractivity contribution in [1.29, 1.82) is 0 Å². The first kappa shape index (κ1) is 10.5. The van der Waals surface area contributed by atoms with Gasteiger partial charge >= 0.3 is 0 Å². The monoisotopic (exact) mass is 243 g/mol. The maximum Gasteiger partial charge on any atom is 0.0953 e. The van der Waals surface area contributed by atoms with Crippen LogP contribution in [0, 0.1) is 0 Å². The van der Waals surface area contributed by atoms with Crippen molar-refractivity contribution in [3.8, 4) is 0 Å². The Morgan fingerprint density at radius 3 is 3.00 bits per heavy atom. The number of imidazole rings is 1. The summed E-state index contributed by atoms with van der Waals surface area (Å²) in [5.74, 6) is 0. The lowest BCUT2D eigenvalue weighted by Gasteiger charge is -2.00. The minimum atomic E-state index is 0.497. The molecule has 1 aromatic carbocycles. The molecule has 0 amide bonds. The van der Waals surface area contributed by atoms with Crippen LogP contribution in [0.4, 0.5) is 0 Å². The lowest BCUT2D eigenvalue weighted by Crippen LogP contribution is -1.97. The van der Waals surface area contributed by atoms with Crippen molar-refractivity contribution in [2.45, 2.75) is 13.1 Å². The number of fused-ring (bicyclic) bond motifs is 1. The lowest BCUT2D eigenvalue weighted by atomic mass is 10.2. The van der Waals surface area contributed by atoms with Gasteiger partial charge in [-0.3, -0.25) is 0 Å². The summed E-state index contributed by atoms with van der Waals surface area (Å²) in [7, 11) is 0. The number of benzene rings is 1. The van der Waals surface area contributed by atoms with Crippen molar-refractivity contribution in [2.24, 2.45) is 5.73 Å². The van der Waals surface area contributed by atoms with Crippen molar-refractivity contribution < 1.29 is 0 Å². The van der Waals surface area contributed by atoms with Crippen LogP contribution in [-0.4, -0.2) is 9.55 Å². The highest BCUT2D eigenvalue weighted by Gasteiger charge is 2.04. The number of hydrogen-bond donors (Lipinski definition) is 1. The van der Waals surface area contributed by atoms with E-state index in [1.54, 1.807) is 11.3 Å². The van der Waals surface area contributed by atoms with Gasteiger partial charge in [-0.2, -0.15) is 0 Å². The van der Waals surface area contributed by atoms with E-state index in [2.05, 4.69) is 39.2 Å². The second kappa shape index (κ2) is 4.31. The van der Waals surface area contributed by atoms with Crippen molar-refractivity contribution in [3.63, 3.8) is 0 Å². The Hall–Kier alpha value is -1.65. The third-order valence-electron chi connectivity index (χ3n) is 2.81. The number of hydrogen-bond acceptors (Lipinski definition) is 3. The molecule has 0 bridgehead atoms. The third kappa shape index (κ3) is 1.97. The highest BCUT2D eigenvalue weighted by molar-refractivity contribution is 7.17. The molecule has 0 saturated heterocycles. The van der Waals surface area contributed by atoms with Crippen molar-refractivity contribution in [2.75, 3.05) is 0 Å². The van der Waals surface area contributed by atoms with E-state index < -0.39 is 0 Å². The van der Waals surface area contributed by atoms with Gasteiger partial charge in [0.05, 0.1) is 12.0 Å². The fourth-order valence-electron chi connectivity index (χ4n) is 1.95. The van der Waals surface area contributed by atoms with Gasteiger partial charge in [-0.05, 0) is 22.4 Å². The van der Waals surface area contributed by atoms with Gasteiger partial charge in [-0.1, -0.05) is 18.2 Å². The Kier molecular flexibility index (Phi) is 2.66. The average Bonchev–Trinajstić information content (AvgIpc) is 2.97. The largest absolute Gasteiger partial charge is 0.333 e. The zero-order chi connectivity index (χ0) is 11.7. The van der Waals surface area contributed by atoms with Gasteiger partial charge in [-0.25, -0.2) is 4.98 Å². The van der Waals surface area contributed by atoms with Gasteiger partial charge < -0.3 is 10.3 Å². The topological polar surface area (TPSA) is 43.8 Å². The second-order valence-electron chi connectivity index (χ2n) is 4.00. The summed E-state index contributed by atoms with van der Waals surface area (Å²) in [6, 6.07) is 8.48. The van der Waals surface area contributed by atoms with E-state index in [1.165, 1.54) is 15.6 Å². The molecule has 3 aromatic rings. The van der Waals surface area contributed by atoms with E-state index in [-0.39, 0.29) is 0 Å². The Bertz CT molecular complexity index is 639. The molecule has 3 rings (SSSR count). The smallest absolute Gasteiger partial charge is 0.0953 e. The van der Waals surface area contributed by atoms with Crippen LogP contribution in [0.2, 0.25) is 0 Å². The molecule has 0 aliphatic carbocycles. The summed E-state index contributed by atoms with van der Waals surface area (Å²) in [5.41, 5.74) is 7.83. The van der Waals surface area contributed by atoms with Crippen LogP contribution in [0.5, 0.6) is 0 Å². The first-order valence-corrected chi connectivity index (χ1v) is 6.40. The SMILES string of the molecule is NCc1cn(Cc2csc3ccccc23)cn1. The van der Waals surface area contributed by atoms with E-state index in [4.69, 9.17) is 5.73 Å². The van der Waals surface area contributed by atoms with Gasteiger partial charge in [0.25, 0.3) is 0 Å². The van der Waals surface area contributed by atoms with Crippen LogP contribution >= 0.6 is 11.3 Å². The molecule has 3 nitrogen and oxygen atoms in total. The minimum Gasteiger partial charge on any atom is -0.333 e. The molecular weight excluding hydrogens is 230 g/mol. The summed E-state index contributed by atoms with van der Waals surface area (Å²) in [6.07, 6.45) is 3.85. The minimum absolute atomic E-state index is 0.497. The Balaban J connectivity index is 1.94. The lowest BCUT2D eigenvalue weighted by molar-refractivity contribution is 0.803. The molecule has 0 radical (unpaired) electrons. The van der Waals surface area contributed by atoms with Gasteiger partial charge in [0, 0.05) is 24.0 Å². The van der Waals surface area contributed by atoms with E-state index in [0.717, 1.165) is 12.2 Å². The van der Waals surface area contributed by atoms with Crippen LogP contribution < -0.4 is 5.73 Å². The average molecular weight is 243 g/mol. The Labute approximate surface area is 104 Å². The first-order valence-electron chi connectivity index (χ1n) is 5.52. The summed E-state index contributed by atoms with van der Waals surface area (Å²) < 4.78 is 3.41. The molecule has 2 aromatic heterocycles. The molecular formula is C13H13N3S. The predicted octanol–water partition coefficient (Wildman–Crippen LogP) is 2.60. The molecule has 86 valence electrons. The maximum atomic E-state index is 5.55. The molecule has 0 spiro atoms. The number of nitrogens with zero attached hydrogens (tertiary/aromatic N) is 2. The molecule has 0 saturated carbocycles. The third-order valence-corrected chi connectivity index (χ3v) is 3.82. The standard InChI is InChI=1S/C13H13N3S/c14-5-11-7-16(9-15-11)6-10-8-17-13-4-2-1-3-12(10)13/h1-4,7-9H,5-6,14H2. The molecule has 17 heavy (non-hydrogen) atoms. The fraction of sp³-hybridized carbons (Fsp3) is 0.154. The normalized spacial score (nSPS) is 11.1. The van der Waals surface area contributed by atoms with Gasteiger partial charge in [0.15, 0.2) is 0 Å². The van der Waals surface area contributed by atoms with E-state index >= 15 is 0 Å². The fourth-order valence-corrected chi connectivity index (χ4v) is 2.90. The highest BCUT2D eigenvalue weighted by Crippen LogP contribution is 2.26. The second-order valence-corrected chi connectivity index (χ2v) is 4.91. The molecule has 2 N–H and O–H groups in total. The number of aromatic nitrogens is 2. The molecule has 0 unspecified atom stereocenters. The zero-order valence-electron chi connectivity index (χ0n) is 9.34. The van der Waals surface area contributed by atoms with Crippen molar-refractivity contribution in [3.05, 3.63) is 53.4 Å². The van der Waals surface area contributed by atoms with Gasteiger partial charge in [-0.15, -0.1) is 11.3 Å². The highest BCUT2D eigenvalue weighted by atomic mass is 32.1. The Morgan fingerprint density at radius 2 is 2.18 bits per heavy atom. The van der Waals surface area contributed by atoms with Gasteiger partial charge in [0.2, 0.25) is 0 Å². The Morgan fingerprint density at radius 1 is 1.29 bits per heavy atom. The van der Waals surface area contributed by atoms with Crippen molar-refractivity contribution in [1.82, 2.24) is 9.55 Å². The molecule has 2 heterocycles. The number of nitrogens with two attached hydrogens (primary N) is 1. The zero-order valence-corrected chi connectivity index (χ0v) is 10.2. The summed E-state index contributed by atoms with van der Waals surface area (Å²) >= 11 is 1.79. The predicted molar refractivity (Wildman–Crippen MR) is 71.0 cm³/mol. The summed E-state index contributed by atoms with van der Waals surface area (Å²) in [4.78, 5) is 4.24. The summed E-state index contributed by atoms with van der Waals surface area (Å²) in [5, 5.41) is 3.55. The van der Waals surface area contributed by atoms with Crippen LogP contribution in [0.3, 0.4) is 0 Å². The quantitative estimate of drug-likeness (QED) is 0.768. The maximum absolute atomic E-state index is 5.55. The van der Waals surface area contributed by atoms with Crippen LogP contribution in [0.15, 0.2) is 42.2 Å². The molecule has 0 aliphatic heterocycles. The van der Waals surface area contributed by atoms with E-state index in [9.17, 15) is 0 Å². The molecule has 0 aliphatic rings. The number of rotatable bonds is 3. The van der Waals surface area contributed by atoms with E-state index in [0.29, 0.717) is 6.54 Å². The summed E-state index contributed by atoms with van der Waals surface area (Å²) in [6.45, 7) is 1.36.